The lowest BCUT2D eigenvalue weighted by atomic mass is 10.2. The highest BCUT2D eigenvalue weighted by Gasteiger charge is 2.30. The Balaban J connectivity index is 1.59. The Hall–Kier alpha value is -3.95. The Morgan fingerprint density at radius 2 is 2.12 bits per heavy atom. The minimum Gasteiger partial charge on any atom is -0.364 e. The van der Waals surface area contributed by atoms with Gasteiger partial charge in [0.1, 0.15) is 11.5 Å². The molecule has 2 aliphatic rings. The number of carbonyl (C=O) groups excluding carboxylic acids is 2. The third kappa shape index (κ3) is 3.53. The van der Waals surface area contributed by atoms with Crippen molar-refractivity contribution in [3.63, 3.8) is 0 Å². The molecule has 0 bridgehead atoms. The summed E-state index contributed by atoms with van der Waals surface area (Å²) >= 11 is 0. The normalized spacial score (nSPS) is 18.7. The highest BCUT2D eigenvalue weighted by molar-refractivity contribution is 6.01. The lowest BCUT2D eigenvalue weighted by Crippen LogP contribution is -2.27. The summed E-state index contributed by atoms with van der Waals surface area (Å²) in [5.41, 5.74) is 1.94. The van der Waals surface area contributed by atoms with Crippen LogP contribution in [-0.4, -0.2) is 45.6 Å². The van der Waals surface area contributed by atoms with Crippen molar-refractivity contribution in [3.05, 3.63) is 47.5 Å². The number of carbonyl (C=O) groups is 2. The molecular weight excluding hydrogens is 408 g/mol. The molecule has 164 valence electrons. The molecule has 0 atom stereocenters. The fourth-order valence-electron chi connectivity index (χ4n) is 3.60. The number of fused-ring (bicyclic) bond motifs is 3. The van der Waals surface area contributed by atoms with Crippen molar-refractivity contribution >= 4 is 34.8 Å². The van der Waals surface area contributed by atoms with Crippen LogP contribution in [0.1, 0.15) is 41.4 Å². The predicted molar refractivity (Wildman–Crippen MR) is 120 cm³/mol. The molecule has 1 fully saturated rings. The van der Waals surface area contributed by atoms with Gasteiger partial charge in [-0.15, -0.1) is 0 Å². The van der Waals surface area contributed by atoms with Gasteiger partial charge in [0.2, 0.25) is 5.91 Å². The lowest BCUT2D eigenvalue weighted by molar-refractivity contribution is -0.117. The number of pyridine rings is 2. The molecule has 0 spiro atoms. The molecule has 3 N–H and O–H groups in total. The van der Waals surface area contributed by atoms with Gasteiger partial charge in [-0.05, 0) is 31.9 Å². The highest BCUT2D eigenvalue weighted by Crippen LogP contribution is 2.38. The summed E-state index contributed by atoms with van der Waals surface area (Å²) in [5.74, 6) is -0.821. The van der Waals surface area contributed by atoms with Crippen molar-refractivity contribution in [2.24, 2.45) is 5.92 Å². The molecular formula is C22H24N8O2. The quantitative estimate of drug-likeness (QED) is 0.561. The van der Waals surface area contributed by atoms with Gasteiger partial charge in [-0.2, -0.15) is 5.10 Å². The second-order valence-corrected chi connectivity index (χ2v) is 7.74. The maximum atomic E-state index is 12.8. The summed E-state index contributed by atoms with van der Waals surface area (Å²) in [5, 5.41) is 12.1. The second kappa shape index (κ2) is 7.63. The molecule has 3 aromatic heterocycles. The summed E-state index contributed by atoms with van der Waals surface area (Å²) in [6.07, 6.45) is 4.26. The first-order valence-electron chi connectivity index (χ1n) is 12.6. The van der Waals surface area contributed by atoms with Crippen LogP contribution >= 0.6 is 0 Å². The first-order valence-corrected chi connectivity index (χ1v) is 10.1. The topological polar surface area (TPSA) is 117 Å². The average Bonchev–Trinajstić information content (AvgIpc) is 3.58. The smallest absolute Gasteiger partial charge is 0.254 e. The predicted octanol–water partition coefficient (Wildman–Crippen LogP) is 2.37. The van der Waals surface area contributed by atoms with Gasteiger partial charge in [0, 0.05) is 42.5 Å². The van der Waals surface area contributed by atoms with Crippen molar-refractivity contribution < 1.29 is 16.4 Å². The van der Waals surface area contributed by atoms with Gasteiger partial charge in [-0.3, -0.25) is 9.59 Å². The van der Waals surface area contributed by atoms with Crippen LogP contribution in [0.25, 0.3) is 5.69 Å². The largest absolute Gasteiger partial charge is 0.364 e. The SMILES string of the molecule is [2H]C([2H])([2H])NC(=O)c1cnc(NC(=O)C2CC2)cc1Nc1nccc2c1N(C)C([2H])([2H])c1cc(C)nn1-2. The Labute approximate surface area is 192 Å². The highest BCUT2D eigenvalue weighted by atomic mass is 16.2. The number of hydrogen-bond donors (Lipinski definition) is 3. The van der Waals surface area contributed by atoms with Crippen LogP contribution in [0.2, 0.25) is 0 Å². The number of rotatable bonds is 5. The van der Waals surface area contributed by atoms with Crippen molar-refractivity contribution in [2.75, 3.05) is 29.6 Å². The fourth-order valence-corrected chi connectivity index (χ4v) is 3.60. The maximum Gasteiger partial charge on any atom is 0.254 e. The number of nitrogens with one attached hydrogen (secondary N) is 3. The third-order valence-electron chi connectivity index (χ3n) is 5.29. The number of nitrogens with zero attached hydrogens (tertiary/aromatic N) is 5. The van der Waals surface area contributed by atoms with Gasteiger partial charge in [0.05, 0.1) is 37.6 Å². The first-order chi connectivity index (χ1) is 17.3. The first kappa shape index (κ1) is 15.0. The van der Waals surface area contributed by atoms with Crippen LogP contribution in [-0.2, 0) is 11.3 Å². The van der Waals surface area contributed by atoms with E-state index in [9.17, 15) is 9.59 Å². The third-order valence-corrected chi connectivity index (χ3v) is 5.29. The minimum atomic E-state index is -2.73. The van der Waals surface area contributed by atoms with Crippen LogP contribution in [0.5, 0.6) is 0 Å². The van der Waals surface area contributed by atoms with Crippen molar-refractivity contribution in [1.29, 1.82) is 0 Å². The second-order valence-electron chi connectivity index (χ2n) is 7.74. The van der Waals surface area contributed by atoms with Crippen molar-refractivity contribution in [2.45, 2.75) is 26.3 Å². The standard InChI is InChI=1S/C22H24N8O2/c1-12-8-14-11-29(3)19-17(30(14)28-12)6-7-24-20(19)26-16-9-18(27-21(31)13-4-5-13)25-10-15(16)22(32)23-2/h6-10,13H,4-5,11H2,1-3H3,(H,23,32)(H2,24,25,26,27,31)/i2D3,11D2. The monoisotopic (exact) mass is 437 g/mol. The van der Waals surface area contributed by atoms with E-state index in [1.807, 2.05) is 5.32 Å². The van der Waals surface area contributed by atoms with E-state index < -0.39 is 19.4 Å². The van der Waals surface area contributed by atoms with Crippen LogP contribution in [0, 0.1) is 12.8 Å². The summed E-state index contributed by atoms with van der Waals surface area (Å²) in [7, 11) is 1.58. The van der Waals surface area contributed by atoms with E-state index in [1.165, 1.54) is 28.0 Å². The van der Waals surface area contributed by atoms with E-state index >= 15 is 0 Å². The number of aryl methyl sites for hydroxylation is 1. The van der Waals surface area contributed by atoms with Gasteiger partial charge in [-0.25, -0.2) is 14.6 Å². The molecule has 5 rings (SSSR count). The van der Waals surface area contributed by atoms with Gasteiger partial charge in [0.15, 0.2) is 5.82 Å². The average molecular weight is 438 g/mol. The zero-order valence-corrected chi connectivity index (χ0v) is 17.4. The number of amides is 2. The number of anilines is 4. The molecule has 32 heavy (non-hydrogen) atoms. The molecule has 3 aromatic rings. The van der Waals surface area contributed by atoms with Gasteiger partial charge in [-0.1, -0.05) is 0 Å². The van der Waals surface area contributed by atoms with Crippen molar-refractivity contribution in [3.8, 4) is 5.69 Å². The van der Waals surface area contributed by atoms with Gasteiger partial charge in [0.25, 0.3) is 5.91 Å². The van der Waals surface area contributed by atoms with Gasteiger partial charge >= 0.3 is 0 Å². The van der Waals surface area contributed by atoms with E-state index in [4.69, 9.17) is 6.85 Å². The molecule has 0 aromatic carbocycles. The van der Waals surface area contributed by atoms with Crippen LogP contribution < -0.4 is 20.9 Å². The molecule has 0 unspecified atom stereocenters. The maximum absolute atomic E-state index is 12.8. The number of hydrogen-bond acceptors (Lipinski definition) is 7. The molecule has 4 heterocycles. The zero-order valence-electron chi connectivity index (χ0n) is 22.4. The summed E-state index contributed by atoms with van der Waals surface area (Å²) in [6.45, 7) is -2.90. The van der Waals surface area contributed by atoms with E-state index in [1.54, 1.807) is 26.1 Å². The summed E-state index contributed by atoms with van der Waals surface area (Å²) in [6, 6.07) is 4.77. The molecule has 1 aliphatic heterocycles. The Morgan fingerprint density at radius 1 is 1.28 bits per heavy atom. The Bertz CT molecular complexity index is 1420. The molecule has 10 nitrogen and oxygen atoms in total. The molecule has 10 heteroatoms. The fraction of sp³-hybridized carbons (Fsp3) is 0.318. The Kier molecular flexibility index (Phi) is 3.56. The van der Waals surface area contributed by atoms with Crippen LogP contribution in [0.3, 0.4) is 0 Å². The van der Waals surface area contributed by atoms with Gasteiger partial charge < -0.3 is 20.9 Å². The van der Waals surface area contributed by atoms with E-state index in [2.05, 4.69) is 25.7 Å². The van der Waals surface area contributed by atoms with E-state index in [0.29, 0.717) is 22.8 Å². The number of aromatic nitrogens is 4. The molecule has 2 amide bonds. The molecule has 0 saturated heterocycles. The molecule has 1 aliphatic carbocycles. The van der Waals surface area contributed by atoms with E-state index in [0.717, 1.165) is 12.8 Å². The lowest BCUT2D eigenvalue weighted by Gasteiger charge is -2.30. The molecule has 1 saturated carbocycles. The van der Waals surface area contributed by atoms with Crippen molar-refractivity contribution in [1.82, 2.24) is 25.1 Å². The Morgan fingerprint density at radius 3 is 2.91 bits per heavy atom. The summed E-state index contributed by atoms with van der Waals surface area (Å²) < 4.78 is 41.1. The van der Waals surface area contributed by atoms with Crippen LogP contribution in [0.4, 0.5) is 23.0 Å². The van der Waals surface area contributed by atoms with Crippen LogP contribution in [0.15, 0.2) is 30.6 Å². The molecule has 0 radical (unpaired) electrons. The zero-order chi connectivity index (χ0) is 26.7. The summed E-state index contributed by atoms with van der Waals surface area (Å²) in [4.78, 5) is 35.0. The van der Waals surface area contributed by atoms with E-state index in [-0.39, 0.29) is 34.7 Å². The minimum absolute atomic E-state index is 0.0813.